The van der Waals surface area contributed by atoms with E-state index >= 15 is 0 Å². The Morgan fingerprint density at radius 1 is 0.343 bits per heavy atom. The van der Waals surface area contributed by atoms with E-state index in [4.69, 9.17) is 27.3 Å². The highest BCUT2D eigenvalue weighted by Gasteiger charge is 2.32. The van der Waals surface area contributed by atoms with Crippen molar-refractivity contribution in [3.63, 3.8) is 0 Å². The second-order valence-electron chi connectivity index (χ2n) is 12.3. The second kappa shape index (κ2) is 25.3. The average molecular weight is 568 g/mol. The molecule has 0 saturated carbocycles. The number of alkyl halides is 2. The maximum absolute atomic E-state index is 6.89. The van der Waals surface area contributed by atoms with Crippen LogP contribution in [-0.2, 0) is 4.12 Å². The molecule has 0 spiro atoms. The van der Waals surface area contributed by atoms with Gasteiger partial charge in [0.2, 0.25) is 0 Å². The third kappa shape index (κ3) is 27.8. The van der Waals surface area contributed by atoms with Crippen LogP contribution < -0.4 is 0 Å². The van der Waals surface area contributed by atoms with E-state index in [1.165, 1.54) is 153 Å². The highest BCUT2D eigenvalue weighted by Crippen LogP contribution is 2.26. The molecule has 0 bridgehead atoms. The summed E-state index contributed by atoms with van der Waals surface area (Å²) in [5.41, 5.74) is 0. The first kappa shape index (κ1) is 36.0. The molecule has 212 valence electrons. The summed E-state index contributed by atoms with van der Waals surface area (Å²) in [6, 6.07) is 2.71. The van der Waals surface area contributed by atoms with Crippen LogP contribution in [0.1, 0.15) is 141 Å². The average Bonchev–Trinajstić information content (AvgIpc) is 2.79. The molecule has 0 fully saturated rings. The van der Waals surface area contributed by atoms with Crippen LogP contribution in [0.3, 0.4) is 0 Å². The standard InChI is InChI=1S/C30H64Cl2OSi2/c1-34(2,29-25-21-17-13-9-5-7-11-15-19-23-27-31)33-35(3,4)30-26-22-18-14-10-6-8-12-16-20-24-28-32/h5-30H2,1-4H3. The predicted molar refractivity (Wildman–Crippen MR) is 169 cm³/mol. The lowest BCUT2D eigenvalue weighted by Crippen LogP contribution is -2.44. The zero-order valence-electron chi connectivity index (χ0n) is 24.5. The van der Waals surface area contributed by atoms with E-state index < -0.39 is 16.6 Å². The third-order valence-corrected chi connectivity index (χ3v) is 15.4. The third-order valence-electron chi connectivity index (χ3n) is 7.38. The zero-order valence-corrected chi connectivity index (χ0v) is 28.1. The molecule has 0 unspecified atom stereocenters. The molecule has 0 aliphatic carbocycles. The lowest BCUT2D eigenvalue weighted by molar-refractivity contribution is 0.515. The van der Waals surface area contributed by atoms with E-state index in [-0.39, 0.29) is 0 Å². The molecule has 0 saturated heterocycles. The lowest BCUT2D eigenvalue weighted by Gasteiger charge is -2.34. The fraction of sp³-hybridized carbons (Fsp3) is 1.00. The number of rotatable bonds is 28. The Kier molecular flexibility index (Phi) is 26.0. The minimum absolute atomic E-state index is 0.835. The summed E-state index contributed by atoms with van der Waals surface area (Å²) in [6.07, 6.45) is 30.5. The Morgan fingerprint density at radius 2 is 0.543 bits per heavy atom. The molecule has 5 heteroatoms. The summed E-state index contributed by atoms with van der Waals surface area (Å²) in [5, 5.41) is 0. The minimum atomic E-state index is -1.49. The van der Waals surface area contributed by atoms with Gasteiger partial charge in [-0.2, -0.15) is 0 Å². The highest BCUT2D eigenvalue weighted by atomic mass is 35.5. The topological polar surface area (TPSA) is 9.23 Å². The van der Waals surface area contributed by atoms with Crippen molar-refractivity contribution >= 4 is 39.8 Å². The molecule has 0 aliphatic rings. The van der Waals surface area contributed by atoms with Gasteiger partial charge in [-0.15, -0.1) is 23.2 Å². The maximum Gasteiger partial charge on any atom is 0.173 e. The quantitative estimate of drug-likeness (QED) is 0.0519. The summed E-state index contributed by atoms with van der Waals surface area (Å²) < 4.78 is 6.89. The van der Waals surface area contributed by atoms with Gasteiger partial charge in [0.1, 0.15) is 0 Å². The number of unbranched alkanes of at least 4 members (excludes halogenated alkanes) is 20. The Labute approximate surface area is 234 Å². The van der Waals surface area contributed by atoms with Gasteiger partial charge in [-0.1, -0.05) is 128 Å². The van der Waals surface area contributed by atoms with Gasteiger partial charge in [0.15, 0.2) is 16.6 Å². The predicted octanol–water partition coefficient (Wildman–Crippen LogP) is 12.5. The van der Waals surface area contributed by atoms with Gasteiger partial charge in [0, 0.05) is 11.8 Å². The zero-order chi connectivity index (χ0) is 26.1. The largest absolute Gasteiger partial charge is 0.455 e. The van der Waals surface area contributed by atoms with Crippen LogP contribution in [0.4, 0.5) is 0 Å². The smallest absolute Gasteiger partial charge is 0.173 e. The van der Waals surface area contributed by atoms with E-state index in [2.05, 4.69) is 26.2 Å². The fourth-order valence-electron chi connectivity index (χ4n) is 5.32. The van der Waals surface area contributed by atoms with Crippen molar-refractivity contribution in [3.8, 4) is 0 Å². The Balaban J connectivity index is 3.60. The van der Waals surface area contributed by atoms with Crippen molar-refractivity contribution in [3.05, 3.63) is 0 Å². The van der Waals surface area contributed by atoms with Crippen LogP contribution in [0.5, 0.6) is 0 Å². The van der Waals surface area contributed by atoms with Crippen molar-refractivity contribution in [1.29, 1.82) is 0 Å². The van der Waals surface area contributed by atoms with Gasteiger partial charge in [-0.05, 0) is 51.1 Å². The molecule has 0 atom stereocenters. The minimum Gasteiger partial charge on any atom is -0.455 e. The van der Waals surface area contributed by atoms with E-state index in [1.807, 2.05) is 0 Å². The van der Waals surface area contributed by atoms with Gasteiger partial charge in [-0.25, -0.2) is 0 Å². The van der Waals surface area contributed by atoms with Crippen LogP contribution >= 0.6 is 23.2 Å². The van der Waals surface area contributed by atoms with Crippen molar-refractivity contribution in [2.24, 2.45) is 0 Å². The summed E-state index contributed by atoms with van der Waals surface area (Å²) in [7, 11) is -2.99. The molecule has 0 rings (SSSR count). The van der Waals surface area contributed by atoms with Gasteiger partial charge >= 0.3 is 0 Å². The monoisotopic (exact) mass is 566 g/mol. The van der Waals surface area contributed by atoms with E-state index in [0.717, 1.165) is 11.8 Å². The molecule has 0 amide bonds. The lowest BCUT2D eigenvalue weighted by atomic mass is 10.1. The Hall–Kier alpha value is 0.974. The van der Waals surface area contributed by atoms with Crippen molar-refractivity contribution in [2.75, 3.05) is 11.8 Å². The normalized spacial score (nSPS) is 12.5. The van der Waals surface area contributed by atoms with Crippen molar-refractivity contribution < 1.29 is 4.12 Å². The van der Waals surface area contributed by atoms with Gasteiger partial charge in [0.25, 0.3) is 0 Å². The fourth-order valence-corrected chi connectivity index (χ4v) is 14.7. The summed E-state index contributed by atoms with van der Waals surface area (Å²) >= 11 is 11.5. The summed E-state index contributed by atoms with van der Waals surface area (Å²) in [6.45, 7) is 9.90. The molecule has 0 aromatic carbocycles. The summed E-state index contributed by atoms with van der Waals surface area (Å²) in [4.78, 5) is 0. The van der Waals surface area contributed by atoms with E-state index in [0.29, 0.717) is 0 Å². The molecule has 0 radical (unpaired) electrons. The van der Waals surface area contributed by atoms with Crippen molar-refractivity contribution in [1.82, 2.24) is 0 Å². The molecule has 0 aromatic heterocycles. The van der Waals surface area contributed by atoms with E-state index in [1.54, 1.807) is 0 Å². The number of hydrogen-bond donors (Lipinski definition) is 0. The van der Waals surface area contributed by atoms with Gasteiger partial charge < -0.3 is 4.12 Å². The first-order chi connectivity index (χ1) is 16.8. The summed E-state index contributed by atoms with van der Waals surface area (Å²) in [5.74, 6) is 1.67. The first-order valence-corrected chi connectivity index (χ1v) is 22.9. The molecule has 0 aliphatic heterocycles. The molecule has 35 heavy (non-hydrogen) atoms. The second-order valence-corrected chi connectivity index (χ2v) is 21.9. The molecule has 0 heterocycles. The van der Waals surface area contributed by atoms with Gasteiger partial charge in [0.05, 0.1) is 0 Å². The highest BCUT2D eigenvalue weighted by molar-refractivity contribution is 6.84. The molecule has 0 aromatic rings. The van der Waals surface area contributed by atoms with Crippen LogP contribution in [0.2, 0.25) is 38.3 Å². The molecular weight excluding hydrogens is 503 g/mol. The number of hydrogen-bond acceptors (Lipinski definition) is 1. The van der Waals surface area contributed by atoms with Crippen molar-refractivity contribution in [2.45, 2.75) is 180 Å². The van der Waals surface area contributed by atoms with Crippen LogP contribution in [0.15, 0.2) is 0 Å². The van der Waals surface area contributed by atoms with Crippen LogP contribution in [0.25, 0.3) is 0 Å². The first-order valence-electron chi connectivity index (χ1n) is 15.6. The molecule has 0 N–H and O–H groups in total. The Bertz CT molecular complexity index is 395. The number of halogens is 2. The van der Waals surface area contributed by atoms with Crippen LogP contribution in [0, 0.1) is 0 Å². The van der Waals surface area contributed by atoms with Gasteiger partial charge in [-0.3, -0.25) is 0 Å². The molecular formula is C30H64Cl2OSi2. The van der Waals surface area contributed by atoms with E-state index in [9.17, 15) is 0 Å². The maximum atomic E-state index is 6.89. The Morgan fingerprint density at radius 3 is 0.771 bits per heavy atom. The SMILES string of the molecule is C[Si](C)(CCCCCCCCCCCCCCl)O[Si](C)(C)CCCCCCCCCCCCCCl. The molecule has 1 nitrogen and oxygen atoms in total. The van der Waals surface area contributed by atoms with Crippen LogP contribution in [-0.4, -0.2) is 28.4 Å².